The van der Waals surface area contributed by atoms with Crippen molar-refractivity contribution in [1.29, 1.82) is 0 Å². The van der Waals surface area contributed by atoms with E-state index in [1.165, 1.54) is 4.90 Å². The lowest BCUT2D eigenvalue weighted by atomic mass is 9.92. The quantitative estimate of drug-likeness (QED) is 0.856. The Morgan fingerprint density at radius 3 is 2.05 bits per heavy atom. The van der Waals surface area contributed by atoms with Crippen molar-refractivity contribution >= 4 is 18.3 Å². The Balaban J connectivity index is 0.00000176. The first-order valence-corrected chi connectivity index (χ1v) is 7.21. The Kier molecular flexibility index (Phi) is 5.34. The summed E-state index contributed by atoms with van der Waals surface area (Å²) in [7, 11) is 0. The maximum Gasteiger partial charge on any atom is 0.259 e. The number of carbonyl (C=O) groups is 1. The molecule has 2 atom stereocenters. The van der Waals surface area contributed by atoms with E-state index in [1.807, 2.05) is 0 Å². The highest BCUT2D eigenvalue weighted by Crippen LogP contribution is 2.28. The molecule has 2 heterocycles. The molecule has 1 N–H and O–H groups in total. The minimum atomic E-state index is -1.14. The van der Waals surface area contributed by atoms with Gasteiger partial charge in [0.2, 0.25) is 0 Å². The standard InChI is InChI=1S/C15H17F3N2O.ClH/c16-11-5-12(17)14(13(18)6-11)15(21)20-3-1-9-7-19-8-10(9)2-4-20;/h5-6,9-10,19H,1-4,7-8H2;1H/t9-,10+;. The van der Waals surface area contributed by atoms with Crippen LogP contribution in [0.3, 0.4) is 0 Å². The normalized spacial score (nSPS) is 24.4. The van der Waals surface area contributed by atoms with Crippen LogP contribution >= 0.6 is 12.4 Å². The van der Waals surface area contributed by atoms with Crippen LogP contribution in [0.4, 0.5) is 13.2 Å². The van der Waals surface area contributed by atoms with Gasteiger partial charge in [-0.25, -0.2) is 13.2 Å². The number of nitrogens with one attached hydrogen (secondary N) is 1. The molecule has 0 bridgehead atoms. The molecule has 3 nitrogen and oxygen atoms in total. The number of nitrogens with zero attached hydrogens (tertiary/aromatic N) is 1. The summed E-state index contributed by atoms with van der Waals surface area (Å²) in [5, 5.41) is 3.33. The van der Waals surface area contributed by atoms with Crippen LogP contribution in [0.5, 0.6) is 0 Å². The van der Waals surface area contributed by atoms with E-state index in [9.17, 15) is 18.0 Å². The van der Waals surface area contributed by atoms with Crippen LogP contribution in [0.15, 0.2) is 12.1 Å². The summed E-state index contributed by atoms with van der Waals surface area (Å²) in [6.07, 6.45) is 1.65. The molecular formula is C15H18ClF3N2O. The number of carbonyl (C=O) groups excluding carboxylic acids is 1. The first kappa shape index (κ1) is 17.1. The summed E-state index contributed by atoms with van der Waals surface area (Å²) in [4.78, 5) is 13.8. The van der Waals surface area contributed by atoms with Crippen molar-refractivity contribution in [3.63, 3.8) is 0 Å². The molecule has 1 aromatic carbocycles. The second kappa shape index (κ2) is 6.87. The number of amides is 1. The molecule has 122 valence electrons. The molecule has 0 aromatic heterocycles. The van der Waals surface area contributed by atoms with Gasteiger partial charge in [0.05, 0.1) is 0 Å². The average Bonchev–Trinajstić information content (AvgIpc) is 2.76. The lowest BCUT2D eigenvalue weighted by Gasteiger charge is -2.21. The number of halogens is 4. The number of fused-ring (bicyclic) bond motifs is 1. The van der Waals surface area contributed by atoms with Crippen molar-refractivity contribution in [1.82, 2.24) is 10.2 Å². The van der Waals surface area contributed by atoms with E-state index in [2.05, 4.69) is 5.32 Å². The molecule has 7 heteroatoms. The predicted molar refractivity (Wildman–Crippen MR) is 78.6 cm³/mol. The number of hydrogen-bond donors (Lipinski definition) is 1. The van der Waals surface area contributed by atoms with Crippen LogP contribution in [-0.2, 0) is 0 Å². The monoisotopic (exact) mass is 334 g/mol. The summed E-state index contributed by atoms with van der Waals surface area (Å²) in [5.74, 6) is -2.93. The predicted octanol–water partition coefficient (Wildman–Crippen LogP) is 2.60. The van der Waals surface area contributed by atoms with Gasteiger partial charge in [-0.1, -0.05) is 0 Å². The highest BCUT2D eigenvalue weighted by Gasteiger charge is 2.33. The van der Waals surface area contributed by atoms with Crippen molar-refractivity contribution in [2.24, 2.45) is 11.8 Å². The van der Waals surface area contributed by atoms with E-state index in [1.54, 1.807) is 0 Å². The molecule has 0 unspecified atom stereocenters. The number of benzene rings is 1. The molecule has 1 aromatic rings. The molecule has 2 fully saturated rings. The van der Waals surface area contributed by atoms with Gasteiger partial charge in [-0.2, -0.15) is 0 Å². The van der Waals surface area contributed by atoms with E-state index in [0.717, 1.165) is 25.9 Å². The molecule has 3 rings (SSSR count). The van der Waals surface area contributed by atoms with Crippen LogP contribution in [0.1, 0.15) is 23.2 Å². The molecular weight excluding hydrogens is 317 g/mol. The van der Waals surface area contributed by atoms with Gasteiger partial charge < -0.3 is 10.2 Å². The Morgan fingerprint density at radius 2 is 1.55 bits per heavy atom. The van der Waals surface area contributed by atoms with E-state index in [-0.39, 0.29) is 12.4 Å². The third kappa shape index (κ3) is 3.22. The summed E-state index contributed by atoms with van der Waals surface area (Å²) in [6, 6.07) is 1.10. The van der Waals surface area contributed by atoms with E-state index in [4.69, 9.17) is 0 Å². The second-order valence-electron chi connectivity index (χ2n) is 5.79. The van der Waals surface area contributed by atoms with Gasteiger partial charge >= 0.3 is 0 Å². The molecule has 2 saturated heterocycles. The zero-order valence-corrected chi connectivity index (χ0v) is 12.8. The molecule has 1 amide bonds. The average molecular weight is 335 g/mol. The minimum Gasteiger partial charge on any atom is -0.338 e. The van der Waals surface area contributed by atoms with Crippen LogP contribution in [0.2, 0.25) is 0 Å². The maximum atomic E-state index is 13.7. The van der Waals surface area contributed by atoms with Gasteiger partial charge in [0.1, 0.15) is 23.0 Å². The summed E-state index contributed by atoms with van der Waals surface area (Å²) >= 11 is 0. The first-order valence-electron chi connectivity index (χ1n) is 7.21. The Labute approximate surface area is 133 Å². The fourth-order valence-electron chi connectivity index (χ4n) is 3.33. The molecule has 22 heavy (non-hydrogen) atoms. The fourth-order valence-corrected chi connectivity index (χ4v) is 3.33. The smallest absolute Gasteiger partial charge is 0.259 e. The van der Waals surface area contributed by atoms with Crippen molar-refractivity contribution in [2.75, 3.05) is 26.2 Å². The zero-order chi connectivity index (χ0) is 15.0. The summed E-state index contributed by atoms with van der Waals surface area (Å²) < 4.78 is 40.3. The molecule has 2 aliphatic heterocycles. The Morgan fingerprint density at radius 1 is 1.05 bits per heavy atom. The second-order valence-corrected chi connectivity index (χ2v) is 5.79. The molecule has 0 aliphatic carbocycles. The lowest BCUT2D eigenvalue weighted by molar-refractivity contribution is 0.0748. The van der Waals surface area contributed by atoms with Crippen molar-refractivity contribution in [3.8, 4) is 0 Å². The number of rotatable bonds is 1. The topological polar surface area (TPSA) is 32.3 Å². The van der Waals surface area contributed by atoms with Crippen molar-refractivity contribution in [3.05, 3.63) is 35.1 Å². The van der Waals surface area contributed by atoms with Gasteiger partial charge in [0.15, 0.2) is 0 Å². The molecule has 0 saturated carbocycles. The third-order valence-corrected chi connectivity index (χ3v) is 4.53. The van der Waals surface area contributed by atoms with Gasteiger partial charge in [-0.3, -0.25) is 4.79 Å². The van der Waals surface area contributed by atoms with Crippen LogP contribution in [-0.4, -0.2) is 37.0 Å². The van der Waals surface area contributed by atoms with Gasteiger partial charge in [0.25, 0.3) is 5.91 Å². The van der Waals surface area contributed by atoms with Gasteiger partial charge in [-0.05, 0) is 37.8 Å². The minimum absolute atomic E-state index is 0. The number of likely N-dealkylation sites (tertiary alicyclic amines) is 1. The third-order valence-electron chi connectivity index (χ3n) is 4.53. The number of hydrogen-bond acceptors (Lipinski definition) is 2. The highest BCUT2D eigenvalue weighted by atomic mass is 35.5. The first-order chi connectivity index (χ1) is 10.1. The Hall–Kier alpha value is -1.27. The lowest BCUT2D eigenvalue weighted by Crippen LogP contribution is -2.34. The molecule has 2 aliphatic rings. The maximum absolute atomic E-state index is 13.7. The van der Waals surface area contributed by atoms with Gasteiger partial charge in [0, 0.05) is 25.2 Å². The fraction of sp³-hybridized carbons (Fsp3) is 0.533. The Bertz CT molecular complexity index is 533. The van der Waals surface area contributed by atoms with E-state index < -0.39 is 28.9 Å². The highest BCUT2D eigenvalue weighted by molar-refractivity contribution is 5.94. The van der Waals surface area contributed by atoms with E-state index >= 15 is 0 Å². The SMILES string of the molecule is Cl.O=C(c1c(F)cc(F)cc1F)N1CC[C@@H]2CNC[C@@H]2CC1. The van der Waals surface area contributed by atoms with Crippen molar-refractivity contribution in [2.45, 2.75) is 12.8 Å². The summed E-state index contributed by atoms with van der Waals surface area (Å²) in [6.45, 7) is 2.84. The van der Waals surface area contributed by atoms with Crippen LogP contribution in [0.25, 0.3) is 0 Å². The van der Waals surface area contributed by atoms with Crippen LogP contribution < -0.4 is 5.32 Å². The molecule has 0 radical (unpaired) electrons. The molecule has 0 spiro atoms. The zero-order valence-electron chi connectivity index (χ0n) is 11.9. The largest absolute Gasteiger partial charge is 0.338 e. The van der Waals surface area contributed by atoms with Gasteiger partial charge in [-0.15, -0.1) is 12.4 Å². The van der Waals surface area contributed by atoms with Crippen LogP contribution in [0, 0.1) is 29.3 Å². The van der Waals surface area contributed by atoms with Crippen molar-refractivity contribution < 1.29 is 18.0 Å². The summed E-state index contributed by atoms with van der Waals surface area (Å²) in [5.41, 5.74) is -0.651. The van der Waals surface area contributed by atoms with E-state index in [0.29, 0.717) is 37.1 Å².